The number of carbonyl (C=O) groups is 3. The van der Waals surface area contributed by atoms with Gasteiger partial charge in [0.25, 0.3) is 5.91 Å². The lowest BCUT2D eigenvalue weighted by Crippen LogP contribution is -2.59. The molecule has 1 fully saturated rings. The van der Waals surface area contributed by atoms with Crippen LogP contribution in [0.3, 0.4) is 0 Å². The van der Waals surface area contributed by atoms with Crippen LogP contribution in [0.1, 0.15) is 31.4 Å². The lowest BCUT2D eigenvalue weighted by molar-refractivity contribution is -0.141. The van der Waals surface area contributed by atoms with E-state index in [2.05, 4.69) is 10.4 Å². The van der Waals surface area contributed by atoms with E-state index in [1.165, 1.54) is 5.01 Å². The van der Waals surface area contributed by atoms with E-state index >= 15 is 0 Å². The van der Waals surface area contributed by atoms with E-state index in [0.717, 1.165) is 16.8 Å². The number of piperidine rings is 1. The fraction of sp³-hybridized carbons (Fsp3) is 0.407. The summed E-state index contributed by atoms with van der Waals surface area (Å²) in [7, 11) is 0. The van der Waals surface area contributed by atoms with Crippen molar-refractivity contribution in [1.82, 2.24) is 15.2 Å². The SMILES string of the molecule is CC(C)(N)C(=O)N[C@H](COCc1ccccc1)C(=O)N1CCC2=NN(Cc3ccccc3)C(=O)C2C1.Cl. The Balaban J connectivity index is 0.00000380. The Morgan fingerprint density at radius 1 is 1.11 bits per heavy atom. The highest BCUT2D eigenvalue weighted by Gasteiger charge is 2.42. The van der Waals surface area contributed by atoms with Crippen molar-refractivity contribution in [2.24, 2.45) is 16.8 Å². The summed E-state index contributed by atoms with van der Waals surface area (Å²) in [5.41, 5.74) is 7.54. The van der Waals surface area contributed by atoms with Gasteiger partial charge in [-0.15, -0.1) is 12.4 Å². The van der Waals surface area contributed by atoms with Crippen molar-refractivity contribution in [1.29, 1.82) is 0 Å². The number of amides is 3. The zero-order valence-corrected chi connectivity index (χ0v) is 21.9. The van der Waals surface area contributed by atoms with Gasteiger partial charge in [-0.05, 0) is 25.0 Å². The van der Waals surface area contributed by atoms with Gasteiger partial charge in [0.15, 0.2) is 0 Å². The minimum absolute atomic E-state index is 0. The largest absolute Gasteiger partial charge is 0.374 e. The maximum atomic E-state index is 13.5. The molecule has 0 aliphatic carbocycles. The Morgan fingerprint density at radius 2 is 1.73 bits per heavy atom. The predicted octanol–water partition coefficient (Wildman–Crippen LogP) is 2.09. The molecule has 10 heteroatoms. The second kappa shape index (κ2) is 12.3. The molecule has 2 heterocycles. The number of benzene rings is 2. The van der Waals surface area contributed by atoms with Crippen LogP contribution in [0, 0.1) is 5.92 Å². The molecule has 2 aliphatic heterocycles. The highest BCUT2D eigenvalue weighted by atomic mass is 35.5. The second-order valence-electron chi connectivity index (χ2n) is 9.81. The predicted molar refractivity (Wildman–Crippen MR) is 143 cm³/mol. The Morgan fingerprint density at radius 3 is 2.35 bits per heavy atom. The molecular weight excluding hydrogens is 494 g/mol. The molecule has 0 radical (unpaired) electrons. The third-order valence-corrected chi connectivity index (χ3v) is 6.32. The fourth-order valence-corrected chi connectivity index (χ4v) is 4.24. The van der Waals surface area contributed by atoms with Gasteiger partial charge in [0.2, 0.25) is 11.8 Å². The summed E-state index contributed by atoms with van der Waals surface area (Å²) in [6.07, 6.45) is 0.501. The van der Waals surface area contributed by atoms with Crippen molar-refractivity contribution in [2.75, 3.05) is 19.7 Å². The highest BCUT2D eigenvalue weighted by molar-refractivity contribution is 6.09. The number of likely N-dealkylation sites (tertiary alicyclic amines) is 1. The van der Waals surface area contributed by atoms with Crippen molar-refractivity contribution in [3.63, 3.8) is 0 Å². The monoisotopic (exact) mass is 527 g/mol. The lowest BCUT2D eigenvalue weighted by atomic mass is 9.95. The third-order valence-electron chi connectivity index (χ3n) is 6.32. The highest BCUT2D eigenvalue weighted by Crippen LogP contribution is 2.25. The first-order valence-corrected chi connectivity index (χ1v) is 12.2. The molecule has 1 saturated heterocycles. The molecule has 1 unspecified atom stereocenters. The summed E-state index contributed by atoms with van der Waals surface area (Å²) < 4.78 is 5.80. The van der Waals surface area contributed by atoms with Crippen molar-refractivity contribution < 1.29 is 19.1 Å². The first kappa shape index (κ1) is 28.3. The average Bonchev–Trinajstić information content (AvgIpc) is 3.18. The third kappa shape index (κ3) is 7.15. The molecule has 0 aromatic heterocycles. The van der Waals surface area contributed by atoms with E-state index in [9.17, 15) is 14.4 Å². The van der Waals surface area contributed by atoms with Crippen LogP contribution in [0.2, 0.25) is 0 Å². The zero-order valence-electron chi connectivity index (χ0n) is 21.1. The molecule has 198 valence electrons. The molecule has 4 rings (SSSR count). The van der Waals surface area contributed by atoms with Gasteiger partial charge in [0.05, 0.1) is 36.9 Å². The van der Waals surface area contributed by atoms with Crippen LogP contribution in [0.15, 0.2) is 65.8 Å². The number of hydrazone groups is 1. The number of hydrogen-bond donors (Lipinski definition) is 2. The molecule has 2 aromatic carbocycles. The number of fused-ring (bicyclic) bond motifs is 1. The maximum absolute atomic E-state index is 13.5. The van der Waals surface area contributed by atoms with E-state index in [1.807, 2.05) is 60.7 Å². The molecule has 0 spiro atoms. The van der Waals surface area contributed by atoms with E-state index in [-0.39, 0.29) is 37.4 Å². The number of hydrogen-bond acceptors (Lipinski definition) is 6. The average molecular weight is 528 g/mol. The Bertz CT molecular complexity index is 1120. The number of nitrogens with one attached hydrogen (secondary N) is 1. The van der Waals surface area contributed by atoms with Crippen molar-refractivity contribution >= 4 is 35.8 Å². The normalized spacial score (nSPS) is 18.0. The van der Waals surface area contributed by atoms with E-state index < -0.39 is 23.4 Å². The summed E-state index contributed by atoms with van der Waals surface area (Å²) in [6, 6.07) is 18.3. The van der Waals surface area contributed by atoms with Gasteiger partial charge in [0.1, 0.15) is 6.04 Å². The Labute approximate surface area is 223 Å². The van der Waals surface area contributed by atoms with Crippen LogP contribution in [-0.2, 0) is 32.3 Å². The van der Waals surface area contributed by atoms with Crippen molar-refractivity contribution in [3.05, 3.63) is 71.8 Å². The zero-order chi connectivity index (χ0) is 25.7. The number of ether oxygens (including phenoxy) is 1. The smallest absolute Gasteiger partial charge is 0.253 e. The van der Waals surface area contributed by atoms with Gasteiger partial charge >= 0.3 is 0 Å². The molecule has 9 nitrogen and oxygen atoms in total. The number of nitrogens with two attached hydrogens (primary N) is 1. The van der Waals surface area contributed by atoms with Gasteiger partial charge in [-0.1, -0.05) is 60.7 Å². The number of nitrogens with zero attached hydrogens (tertiary/aromatic N) is 3. The summed E-state index contributed by atoms with van der Waals surface area (Å²) in [5.74, 6) is -1.34. The number of rotatable bonds is 9. The molecule has 2 aromatic rings. The topological polar surface area (TPSA) is 117 Å². The van der Waals surface area contributed by atoms with Crippen LogP contribution < -0.4 is 11.1 Å². The van der Waals surface area contributed by atoms with Crippen LogP contribution in [-0.4, -0.2) is 64.6 Å². The lowest BCUT2D eigenvalue weighted by Gasteiger charge is -2.34. The molecular formula is C27H34ClN5O4. The van der Waals surface area contributed by atoms with E-state index in [1.54, 1.807) is 18.7 Å². The molecule has 3 amide bonds. The first-order valence-electron chi connectivity index (χ1n) is 12.2. The molecule has 2 aliphatic rings. The molecule has 3 N–H and O–H groups in total. The molecule has 37 heavy (non-hydrogen) atoms. The molecule has 0 bridgehead atoms. The van der Waals surface area contributed by atoms with E-state index in [0.29, 0.717) is 26.1 Å². The minimum atomic E-state index is -1.15. The summed E-state index contributed by atoms with van der Waals surface area (Å²) >= 11 is 0. The Kier molecular flexibility index (Phi) is 9.42. The van der Waals surface area contributed by atoms with E-state index in [4.69, 9.17) is 10.5 Å². The fourth-order valence-electron chi connectivity index (χ4n) is 4.24. The van der Waals surface area contributed by atoms with Crippen LogP contribution in [0.25, 0.3) is 0 Å². The molecule has 2 atom stereocenters. The van der Waals surface area contributed by atoms with Gasteiger partial charge in [-0.2, -0.15) is 5.10 Å². The quantitative estimate of drug-likeness (QED) is 0.518. The van der Waals surface area contributed by atoms with Gasteiger partial charge < -0.3 is 20.7 Å². The van der Waals surface area contributed by atoms with Crippen molar-refractivity contribution in [2.45, 2.75) is 45.0 Å². The van der Waals surface area contributed by atoms with Crippen LogP contribution in [0.5, 0.6) is 0 Å². The van der Waals surface area contributed by atoms with Gasteiger partial charge in [0, 0.05) is 19.5 Å². The van der Waals surface area contributed by atoms with Gasteiger partial charge in [-0.25, -0.2) is 5.01 Å². The van der Waals surface area contributed by atoms with Crippen molar-refractivity contribution in [3.8, 4) is 0 Å². The van der Waals surface area contributed by atoms with Crippen LogP contribution in [0.4, 0.5) is 0 Å². The first-order chi connectivity index (χ1) is 17.2. The standard InChI is InChI=1S/C27H33N5O4.ClH/c1-27(2,28)26(35)29-23(18-36-17-20-11-7-4-8-12-20)25(34)31-14-13-22-21(16-31)24(33)32(30-22)15-19-9-5-3-6-10-19;/h3-12,21,23H,13-18,28H2,1-2H3,(H,29,35);1H/t21?,23-;/m1./s1. The van der Waals surface area contributed by atoms with Crippen LogP contribution >= 0.6 is 12.4 Å². The minimum Gasteiger partial charge on any atom is -0.374 e. The number of carbonyl (C=O) groups excluding carboxylic acids is 3. The summed E-state index contributed by atoms with van der Waals surface area (Å²) in [5, 5.41) is 8.78. The molecule has 0 saturated carbocycles. The summed E-state index contributed by atoms with van der Waals surface area (Å²) in [4.78, 5) is 40.8. The number of halogens is 1. The maximum Gasteiger partial charge on any atom is 0.253 e. The van der Waals surface area contributed by atoms with Gasteiger partial charge in [-0.3, -0.25) is 14.4 Å². The second-order valence-corrected chi connectivity index (χ2v) is 9.81. The Hall–Kier alpha value is -3.27. The summed E-state index contributed by atoms with van der Waals surface area (Å²) in [6.45, 7) is 4.49.